The van der Waals surface area contributed by atoms with Crippen LogP contribution in [-0.2, 0) is 4.74 Å². The van der Waals surface area contributed by atoms with Crippen LogP contribution in [0.3, 0.4) is 0 Å². The van der Waals surface area contributed by atoms with E-state index in [0.29, 0.717) is 34.0 Å². The number of anilines is 1. The molecule has 10 nitrogen and oxygen atoms in total. The molecular weight excluding hydrogens is 578 g/mol. The lowest BCUT2D eigenvalue weighted by atomic mass is 9.88. The van der Waals surface area contributed by atoms with Crippen LogP contribution in [0.4, 0.5) is 5.69 Å². The standard InChI is InChI=1S/C33H36ClN7O3/c1-23-4-3-5-28(34)30(23)32(42)38-33(2)8-10-40(11-9-33)25-6-7-29(36-21-25)27-18-26(22-41-31(27)24(19-35)20-37-41)44-17-14-39-12-15-43-16-13-39/h3-7,18,20-22H,8-17H2,1-2H3,(H,38,42). The molecule has 0 radical (unpaired) electrons. The summed E-state index contributed by atoms with van der Waals surface area (Å²) in [6.07, 6.45) is 6.82. The van der Waals surface area contributed by atoms with Gasteiger partial charge in [-0.3, -0.25) is 14.7 Å². The second-order valence-corrected chi connectivity index (χ2v) is 12.1. The molecule has 0 bridgehead atoms. The molecule has 11 heteroatoms. The fraction of sp³-hybridized carbons (Fsp3) is 0.394. The summed E-state index contributed by atoms with van der Waals surface area (Å²) in [5.41, 5.74) is 4.78. The molecule has 0 unspecified atom stereocenters. The molecule has 5 heterocycles. The van der Waals surface area contributed by atoms with Crippen molar-refractivity contribution < 1.29 is 14.3 Å². The third-order valence-corrected chi connectivity index (χ3v) is 8.92. The van der Waals surface area contributed by atoms with Gasteiger partial charge in [-0.1, -0.05) is 23.7 Å². The second kappa shape index (κ2) is 12.8. The SMILES string of the molecule is Cc1cccc(Cl)c1C(=O)NC1(C)CCN(c2ccc(-c3cc(OCCN4CCOCC4)cn4ncc(C#N)c34)nc2)CC1. The lowest BCUT2D eigenvalue weighted by Crippen LogP contribution is -2.53. The highest BCUT2D eigenvalue weighted by atomic mass is 35.5. The highest BCUT2D eigenvalue weighted by Crippen LogP contribution is 2.32. The maximum absolute atomic E-state index is 13.1. The van der Waals surface area contributed by atoms with Gasteiger partial charge >= 0.3 is 0 Å². The number of halogens is 1. The summed E-state index contributed by atoms with van der Waals surface area (Å²) in [4.78, 5) is 22.5. The molecule has 2 aliphatic rings. The minimum Gasteiger partial charge on any atom is -0.491 e. The van der Waals surface area contributed by atoms with Gasteiger partial charge in [0.25, 0.3) is 5.91 Å². The number of benzene rings is 1. The molecule has 0 aliphatic carbocycles. The Kier molecular flexibility index (Phi) is 8.71. The fourth-order valence-electron chi connectivity index (χ4n) is 5.94. The van der Waals surface area contributed by atoms with E-state index in [-0.39, 0.29) is 11.4 Å². The van der Waals surface area contributed by atoms with Gasteiger partial charge < -0.3 is 19.7 Å². The van der Waals surface area contributed by atoms with Crippen molar-refractivity contribution in [1.29, 1.82) is 5.26 Å². The van der Waals surface area contributed by atoms with Gasteiger partial charge in [-0.2, -0.15) is 10.4 Å². The van der Waals surface area contributed by atoms with Crippen molar-refractivity contribution >= 4 is 28.7 Å². The number of aromatic nitrogens is 3. The summed E-state index contributed by atoms with van der Waals surface area (Å²) in [5.74, 6) is 0.536. The zero-order chi connectivity index (χ0) is 30.7. The highest BCUT2D eigenvalue weighted by Gasteiger charge is 2.33. The van der Waals surface area contributed by atoms with Crippen molar-refractivity contribution in [2.24, 2.45) is 0 Å². The Morgan fingerprint density at radius 2 is 1.95 bits per heavy atom. The Morgan fingerprint density at radius 1 is 1.16 bits per heavy atom. The first-order valence-electron chi connectivity index (χ1n) is 15.0. The van der Waals surface area contributed by atoms with Crippen molar-refractivity contribution in [3.63, 3.8) is 0 Å². The molecule has 44 heavy (non-hydrogen) atoms. The van der Waals surface area contributed by atoms with Gasteiger partial charge in [-0.15, -0.1) is 0 Å². The highest BCUT2D eigenvalue weighted by molar-refractivity contribution is 6.34. The van der Waals surface area contributed by atoms with Crippen LogP contribution in [0.25, 0.3) is 16.8 Å². The van der Waals surface area contributed by atoms with Crippen LogP contribution in [0, 0.1) is 18.3 Å². The molecule has 4 aromatic rings. The second-order valence-electron chi connectivity index (χ2n) is 11.7. The van der Waals surface area contributed by atoms with Gasteiger partial charge in [0.1, 0.15) is 18.4 Å². The summed E-state index contributed by atoms with van der Waals surface area (Å²) >= 11 is 6.34. The molecule has 3 aromatic heterocycles. The van der Waals surface area contributed by atoms with Crippen LogP contribution < -0.4 is 15.0 Å². The number of aryl methyl sites for hydroxylation is 1. The summed E-state index contributed by atoms with van der Waals surface area (Å²) in [6.45, 7) is 10.2. The minimum absolute atomic E-state index is 0.134. The van der Waals surface area contributed by atoms with E-state index in [1.807, 2.05) is 43.6 Å². The van der Waals surface area contributed by atoms with Crippen LogP contribution in [0.1, 0.15) is 41.3 Å². The van der Waals surface area contributed by atoms with Gasteiger partial charge in [0.2, 0.25) is 0 Å². The Labute approximate surface area is 262 Å². The van der Waals surface area contributed by atoms with Gasteiger partial charge in [-0.05, 0) is 56.5 Å². The number of carbonyl (C=O) groups excluding carboxylic acids is 1. The molecule has 228 valence electrons. The lowest BCUT2D eigenvalue weighted by molar-refractivity contribution is 0.0322. The molecule has 1 amide bonds. The zero-order valence-corrected chi connectivity index (χ0v) is 25.8. The molecule has 0 spiro atoms. The summed E-state index contributed by atoms with van der Waals surface area (Å²) in [7, 11) is 0. The molecular formula is C33H36ClN7O3. The Balaban J connectivity index is 1.14. The number of fused-ring (bicyclic) bond motifs is 1. The van der Waals surface area contributed by atoms with E-state index < -0.39 is 0 Å². The van der Waals surface area contributed by atoms with Crippen molar-refractivity contribution in [3.05, 3.63) is 76.7 Å². The first kappa shape index (κ1) is 29.9. The Bertz CT molecular complexity index is 1660. The number of nitriles is 1. The number of rotatable bonds is 8. The number of hydrogen-bond acceptors (Lipinski definition) is 8. The monoisotopic (exact) mass is 613 g/mol. The van der Waals surface area contributed by atoms with Crippen molar-refractivity contribution in [2.75, 3.05) is 57.4 Å². The fourth-order valence-corrected chi connectivity index (χ4v) is 6.25. The molecule has 6 rings (SSSR count). The number of carbonyl (C=O) groups is 1. The predicted octanol–water partition coefficient (Wildman–Crippen LogP) is 4.73. The molecule has 0 saturated carbocycles. The van der Waals surface area contributed by atoms with Crippen molar-refractivity contribution in [2.45, 2.75) is 32.2 Å². The van der Waals surface area contributed by atoms with Crippen molar-refractivity contribution in [3.8, 4) is 23.1 Å². The number of nitrogens with zero attached hydrogens (tertiary/aromatic N) is 6. The van der Waals surface area contributed by atoms with E-state index in [1.54, 1.807) is 16.8 Å². The maximum atomic E-state index is 13.1. The largest absolute Gasteiger partial charge is 0.491 e. The number of morpholine rings is 1. The van der Waals surface area contributed by atoms with Gasteiger partial charge in [-0.25, -0.2) is 4.52 Å². The predicted molar refractivity (Wildman–Crippen MR) is 169 cm³/mol. The van der Waals surface area contributed by atoms with E-state index in [2.05, 4.69) is 39.3 Å². The topological polar surface area (TPSA) is 108 Å². The molecule has 2 aliphatic heterocycles. The number of nitrogens with one attached hydrogen (secondary N) is 1. The summed E-state index contributed by atoms with van der Waals surface area (Å²) < 4.78 is 13.3. The summed E-state index contributed by atoms with van der Waals surface area (Å²) in [6, 6.07) is 13.7. The average Bonchev–Trinajstić information content (AvgIpc) is 3.45. The van der Waals surface area contributed by atoms with Gasteiger partial charge in [0, 0.05) is 43.8 Å². The minimum atomic E-state index is -0.337. The van der Waals surface area contributed by atoms with E-state index in [0.717, 1.165) is 81.3 Å². The van der Waals surface area contributed by atoms with Crippen LogP contribution in [0.15, 0.2) is 55.0 Å². The van der Waals surface area contributed by atoms with Crippen LogP contribution >= 0.6 is 11.6 Å². The van der Waals surface area contributed by atoms with E-state index >= 15 is 0 Å². The summed E-state index contributed by atoms with van der Waals surface area (Å²) in [5, 5.41) is 17.9. The average molecular weight is 614 g/mol. The molecule has 2 fully saturated rings. The normalized spacial score (nSPS) is 16.9. The molecule has 0 atom stereocenters. The molecule has 2 saturated heterocycles. The van der Waals surface area contributed by atoms with Crippen molar-refractivity contribution in [1.82, 2.24) is 24.8 Å². The van der Waals surface area contributed by atoms with E-state index in [1.165, 1.54) is 0 Å². The lowest BCUT2D eigenvalue weighted by Gasteiger charge is -2.41. The first-order chi connectivity index (χ1) is 21.3. The Morgan fingerprint density at radius 3 is 2.66 bits per heavy atom. The van der Waals surface area contributed by atoms with Gasteiger partial charge in [0.05, 0.1) is 64.9 Å². The van der Waals surface area contributed by atoms with Crippen LogP contribution in [-0.4, -0.2) is 83.5 Å². The van der Waals surface area contributed by atoms with E-state index in [9.17, 15) is 10.1 Å². The molecule has 1 aromatic carbocycles. The zero-order valence-electron chi connectivity index (χ0n) is 25.1. The van der Waals surface area contributed by atoms with Crippen LogP contribution in [0.5, 0.6) is 5.75 Å². The molecule has 1 N–H and O–H groups in total. The number of ether oxygens (including phenoxy) is 2. The number of hydrogen-bond donors (Lipinski definition) is 1. The number of pyridine rings is 2. The smallest absolute Gasteiger partial charge is 0.253 e. The third-order valence-electron chi connectivity index (χ3n) is 8.61. The number of amides is 1. The van der Waals surface area contributed by atoms with Crippen LogP contribution in [0.2, 0.25) is 5.02 Å². The first-order valence-corrected chi connectivity index (χ1v) is 15.3. The Hall–Kier alpha value is -4.17. The quantitative estimate of drug-likeness (QED) is 0.304. The third kappa shape index (κ3) is 6.36. The van der Waals surface area contributed by atoms with Gasteiger partial charge in [0.15, 0.2) is 0 Å². The number of piperidine rings is 1. The van der Waals surface area contributed by atoms with E-state index in [4.69, 9.17) is 26.1 Å². The maximum Gasteiger partial charge on any atom is 0.253 e.